The van der Waals surface area contributed by atoms with Crippen LogP contribution in [0.5, 0.6) is 11.5 Å². The summed E-state index contributed by atoms with van der Waals surface area (Å²) in [6.45, 7) is 0.409. The van der Waals surface area contributed by atoms with Crippen molar-refractivity contribution in [2.75, 3.05) is 24.9 Å². The molecule has 8 aromatic rings. The average Bonchev–Trinajstić information content (AvgIpc) is 3.82. The van der Waals surface area contributed by atoms with Crippen molar-refractivity contribution in [2.45, 2.75) is 13.1 Å². The van der Waals surface area contributed by atoms with Gasteiger partial charge in [-0.3, -0.25) is 9.59 Å². The molecule has 0 aliphatic carbocycles. The lowest BCUT2D eigenvalue weighted by molar-refractivity contribution is -0.117. The highest BCUT2D eigenvalue weighted by atomic mass is 16.5. The highest BCUT2D eigenvalue weighted by Gasteiger charge is 2.12. The van der Waals surface area contributed by atoms with Crippen molar-refractivity contribution in [3.63, 3.8) is 0 Å². The Labute approximate surface area is 312 Å². The fourth-order valence-electron chi connectivity index (χ4n) is 6.26. The fraction of sp³-hybridized carbons (Fsp3) is 0.0909. The summed E-state index contributed by atoms with van der Waals surface area (Å²) in [6.07, 6.45) is 3.38. The molecule has 0 radical (unpaired) electrons. The third-order valence-corrected chi connectivity index (χ3v) is 8.81. The van der Waals surface area contributed by atoms with Gasteiger partial charge >= 0.3 is 0 Å². The van der Waals surface area contributed by atoms with E-state index in [4.69, 9.17) is 9.47 Å². The smallest absolute Gasteiger partial charge is 0.244 e. The standard InChI is InChI=1S/2C22H19N3O2/c1-27-21-12-5-2-9-18(21)16-7-6-8-17(13-16)24-22(26)14-25-15-23-19-10-3-4-11-20(19)25;1-27-21-12-11-17(13-18(21)16-7-3-2-4-8-16)24-22(26)14-25-15-23-19-9-5-6-10-20(19)25/h2*2-13,15H,14H2,1H3,(H,24,26). The van der Waals surface area contributed by atoms with Crippen LogP contribution >= 0.6 is 0 Å². The Morgan fingerprint density at radius 2 is 1.04 bits per heavy atom. The maximum Gasteiger partial charge on any atom is 0.244 e. The first-order chi connectivity index (χ1) is 26.5. The summed E-state index contributed by atoms with van der Waals surface area (Å²) in [4.78, 5) is 33.7. The Balaban J connectivity index is 0.000000167. The van der Waals surface area contributed by atoms with Crippen molar-refractivity contribution in [1.82, 2.24) is 19.1 Å². The van der Waals surface area contributed by atoms with E-state index >= 15 is 0 Å². The minimum Gasteiger partial charge on any atom is -0.496 e. The van der Waals surface area contributed by atoms with E-state index < -0.39 is 0 Å². The number of fused-ring (bicyclic) bond motifs is 2. The molecule has 10 nitrogen and oxygen atoms in total. The summed E-state index contributed by atoms with van der Waals surface area (Å²) >= 11 is 0. The van der Waals surface area contributed by atoms with Crippen LogP contribution in [0.15, 0.2) is 158 Å². The van der Waals surface area contributed by atoms with Gasteiger partial charge in [0.2, 0.25) is 11.8 Å². The Kier molecular flexibility index (Phi) is 10.7. The van der Waals surface area contributed by atoms with Gasteiger partial charge in [-0.1, -0.05) is 84.9 Å². The van der Waals surface area contributed by atoms with E-state index in [-0.39, 0.29) is 24.9 Å². The zero-order valence-electron chi connectivity index (χ0n) is 29.8. The number of para-hydroxylation sites is 5. The van der Waals surface area contributed by atoms with E-state index in [1.165, 1.54) is 0 Å². The lowest BCUT2D eigenvalue weighted by Crippen LogP contribution is -2.18. The van der Waals surface area contributed by atoms with Crippen molar-refractivity contribution in [3.05, 3.63) is 158 Å². The second-order valence-electron chi connectivity index (χ2n) is 12.4. The van der Waals surface area contributed by atoms with Gasteiger partial charge < -0.3 is 29.2 Å². The lowest BCUT2D eigenvalue weighted by atomic mass is 10.0. The minimum absolute atomic E-state index is 0.102. The number of aromatic nitrogens is 4. The molecule has 0 bridgehead atoms. The molecule has 0 saturated heterocycles. The Morgan fingerprint density at radius 1 is 0.519 bits per heavy atom. The predicted molar refractivity (Wildman–Crippen MR) is 214 cm³/mol. The summed E-state index contributed by atoms with van der Waals surface area (Å²) in [7, 11) is 3.30. The SMILES string of the molecule is COc1ccc(NC(=O)Cn2cnc3ccccc32)cc1-c1ccccc1.COc1ccccc1-c1cccc(NC(=O)Cn2cnc3ccccc32)c1. The van der Waals surface area contributed by atoms with Gasteiger partial charge in [0.15, 0.2) is 0 Å². The molecule has 8 rings (SSSR count). The van der Waals surface area contributed by atoms with E-state index in [9.17, 15) is 9.59 Å². The molecule has 0 saturated carbocycles. The van der Waals surface area contributed by atoms with Gasteiger partial charge in [-0.2, -0.15) is 0 Å². The van der Waals surface area contributed by atoms with Gasteiger partial charge in [0, 0.05) is 22.5 Å². The number of carbonyl (C=O) groups is 2. The zero-order valence-corrected chi connectivity index (χ0v) is 29.8. The quantitative estimate of drug-likeness (QED) is 0.147. The summed E-state index contributed by atoms with van der Waals surface area (Å²) in [5.41, 5.74) is 9.04. The first-order valence-corrected chi connectivity index (χ1v) is 17.4. The third kappa shape index (κ3) is 8.13. The van der Waals surface area contributed by atoms with Gasteiger partial charge in [-0.05, 0) is 71.8 Å². The van der Waals surface area contributed by atoms with Crippen molar-refractivity contribution in [1.29, 1.82) is 0 Å². The molecule has 54 heavy (non-hydrogen) atoms. The van der Waals surface area contributed by atoms with E-state index in [0.717, 1.165) is 67.2 Å². The number of hydrogen-bond acceptors (Lipinski definition) is 6. The number of benzene rings is 6. The molecule has 0 aliphatic heterocycles. The van der Waals surface area contributed by atoms with Crippen molar-refractivity contribution < 1.29 is 19.1 Å². The van der Waals surface area contributed by atoms with Crippen LogP contribution < -0.4 is 20.1 Å². The Hall–Kier alpha value is -7.20. The maximum atomic E-state index is 12.5. The molecule has 2 N–H and O–H groups in total. The molecule has 10 heteroatoms. The van der Waals surface area contributed by atoms with Crippen LogP contribution in [0, 0.1) is 0 Å². The fourth-order valence-corrected chi connectivity index (χ4v) is 6.26. The number of nitrogens with one attached hydrogen (secondary N) is 2. The summed E-state index contributed by atoms with van der Waals surface area (Å²) in [5, 5.41) is 5.93. The predicted octanol–water partition coefficient (Wildman–Crippen LogP) is 8.70. The molecule has 0 unspecified atom stereocenters. The van der Waals surface area contributed by atoms with E-state index in [1.807, 2.05) is 155 Å². The molecule has 2 heterocycles. The first-order valence-electron chi connectivity index (χ1n) is 17.4. The van der Waals surface area contributed by atoms with Crippen molar-refractivity contribution >= 4 is 45.3 Å². The average molecular weight is 715 g/mol. The first kappa shape index (κ1) is 35.2. The van der Waals surface area contributed by atoms with Crippen LogP contribution in [0.25, 0.3) is 44.3 Å². The van der Waals surface area contributed by atoms with Crippen LogP contribution in [0.1, 0.15) is 0 Å². The molecule has 268 valence electrons. The molecule has 0 aliphatic rings. The van der Waals surface area contributed by atoms with Crippen LogP contribution in [0.3, 0.4) is 0 Å². The maximum absolute atomic E-state index is 12.5. The van der Waals surface area contributed by atoms with Crippen molar-refractivity contribution in [2.24, 2.45) is 0 Å². The highest BCUT2D eigenvalue weighted by molar-refractivity contribution is 5.93. The second-order valence-corrected chi connectivity index (χ2v) is 12.4. The molecule has 6 aromatic carbocycles. The van der Waals surface area contributed by atoms with Crippen LogP contribution in [-0.4, -0.2) is 45.1 Å². The van der Waals surface area contributed by atoms with Crippen LogP contribution in [0.2, 0.25) is 0 Å². The number of methoxy groups -OCH3 is 2. The summed E-state index contributed by atoms with van der Waals surface area (Å²) in [6, 6.07) is 46.7. The van der Waals surface area contributed by atoms with E-state index in [1.54, 1.807) is 26.9 Å². The topological polar surface area (TPSA) is 112 Å². The second kappa shape index (κ2) is 16.4. The number of hydrogen-bond donors (Lipinski definition) is 2. The monoisotopic (exact) mass is 714 g/mol. The molecule has 0 fully saturated rings. The van der Waals surface area contributed by atoms with Gasteiger partial charge in [0.05, 0.1) is 48.9 Å². The number of amides is 2. The summed E-state index contributed by atoms with van der Waals surface area (Å²) < 4.78 is 14.6. The third-order valence-electron chi connectivity index (χ3n) is 8.81. The number of nitrogens with zero attached hydrogens (tertiary/aromatic N) is 4. The minimum atomic E-state index is -0.109. The molecule has 0 atom stereocenters. The number of imidazole rings is 2. The van der Waals surface area contributed by atoms with Crippen molar-refractivity contribution in [3.8, 4) is 33.8 Å². The highest BCUT2D eigenvalue weighted by Crippen LogP contribution is 2.33. The zero-order chi connectivity index (χ0) is 37.3. The number of anilines is 2. The Morgan fingerprint density at radius 3 is 1.67 bits per heavy atom. The molecule has 2 amide bonds. The molecule has 2 aromatic heterocycles. The molecule has 0 spiro atoms. The number of carbonyl (C=O) groups excluding carboxylic acids is 2. The van der Waals surface area contributed by atoms with Gasteiger partial charge in [-0.25, -0.2) is 9.97 Å². The van der Waals surface area contributed by atoms with Gasteiger partial charge in [-0.15, -0.1) is 0 Å². The van der Waals surface area contributed by atoms with Gasteiger partial charge in [0.25, 0.3) is 0 Å². The molecular formula is C44H38N6O4. The molecular weight excluding hydrogens is 677 g/mol. The lowest BCUT2D eigenvalue weighted by Gasteiger charge is -2.12. The van der Waals surface area contributed by atoms with Crippen LogP contribution in [0.4, 0.5) is 11.4 Å². The normalized spacial score (nSPS) is 10.7. The largest absolute Gasteiger partial charge is 0.496 e. The van der Waals surface area contributed by atoms with E-state index in [2.05, 4.69) is 20.6 Å². The summed E-state index contributed by atoms with van der Waals surface area (Å²) in [5.74, 6) is 1.35. The van der Waals surface area contributed by atoms with Crippen LogP contribution in [-0.2, 0) is 22.7 Å². The van der Waals surface area contributed by atoms with E-state index in [0.29, 0.717) is 0 Å². The number of ether oxygens (including phenoxy) is 2. The number of rotatable bonds is 10. The van der Waals surface area contributed by atoms with Gasteiger partial charge in [0.1, 0.15) is 24.6 Å². The Bertz CT molecular complexity index is 2540.